The van der Waals surface area contributed by atoms with Crippen molar-refractivity contribution < 1.29 is 23.7 Å². The molecule has 2 aliphatic rings. The van der Waals surface area contributed by atoms with Gasteiger partial charge in [0.15, 0.2) is 11.5 Å². The molecule has 1 amide bonds. The summed E-state index contributed by atoms with van der Waals surface area (Å²) in [4.78, 5) is 14.4. The number of rotatable bonds is 7. The van der Waals surface area contributed by atoms with Crippen LogP contribution in [-0.4, -0.2) is 60.0 Å². The molecule has 208 valence electrons. The lowest BCUT2D eigenvalue weighted by Gasteiger charge is -2.29. The molecule has 3 aromatic rings. The summed E-state index contributed by atoms with van der Waals surface area (Å²) in [7, 11) is 0. The zero-order valence-electron chi connectivity index (χ0n) is 22.9. The predicted octanol–water partition coefficient (Wildman–Crippen LogP) is 5.15. The third kappa shape index (κ3) is 5.51. The molecule has 0 aliphatic carbocycles. The molecule has 2 aromatic carbocycles. The van der Waals surface area contributed by atoms with E-state index in [1.807, 2.05) is 19.1 Å². The van der Waals surface area contributed by atoms with Gasteiger partial charge in [0.2, 0.25) is 11.8 Å². The molecule has 2 atom stereocenters. The molecule has 1 fully saturated rings. The van der Waals surface area contributed by atoms with Crippen molar-refractivity contribution in [1.82, 2.24) is 15.1 Å². The van der Waals surface area contributed by atoms with Gasteiger partial charge in [-0.25, -0.2) is 4.79 Å². The number of ether oxygens (including phenoxy) is 4. The molecule has 0 bridgehead atoms. The number of amides is 1. The van der Waals surface area contributed by atoms with Gasteiger partial charge in [0.25, 0.3) is 0 Å². The fraction of sp³-hybridized carbons (Fsp3) is 0.400. The Bertz CT molecular complexity index is 1420. The maximum Gasteiger partial charge on any atom is 0.415 e. The molecule has 2 aliphatic heterocycles. The lowest BCUT2D eigenvalue weighted by atomic mass is 9.78. The Morgan fingerprint density at radius 1 is 1.20 bits per heavy atom. The molecule has 1 saturated heterocycles. The van der Waals surface area contributed by atoms with Gasteiger partial charge in [0.1, 0.15) is 5.92 Å². The Morgan fingerprint density at radius 2 is 1.95 bits per heavy atom. The first kappa shape index (κ1) is 27.2. The van der Waals surface area contributed by atoms with Gasteiger partial charge in [-0.3, -0.25) is 10.5 Å². The van der Waals surface area contributed by atoms with Crippen molar-refractivity contribution in [2.75, 3.05) is 32.9 Å². The van der Waals surface area contributed by atoms with Crippen molar-refractivity contribution in [3.8, 4) is 34.7 Å². The van der Waals surface area contributed by atoms with Crippen LogP contribution in [-0.2, 0) is 11.2 Å². The van der Waals surface area contributed by atoms with Crippen LogP contribution in [0.3, 0.4) is 0 Å². The summed E-state index contributed by atoms with van der Waals surface area (Å²) in [5, 5.41) is 26.0. The van der Waals surface area contributed by atoms with Crippen LogP contribution in [0.2, 0.25) is 0 Å². The molecule has 0 radical (unpaired) electrons. The maximum absolute atomic E-state index is 12.8. The minimum atomic E-state index is -0.889. The molecule has 10 nitrogen and oxygen atoms in total. The van der Waals surface area contributed by atoms with Crippen molar-refractivity contribution in [2.45, 2.75) is 33.1 Å². The number of morpholine rings is 1. The Kier molecular flexibility index (Phi) is 8.03. The maximum atomic E-state index is 12.8. The quantitative estimate of drug-likeness (QED) is 0.421. The molecule has 40 heavy (non-hydrogen) atoms. The van der Waals surface area contributed by atoms with Crippen molar-refractivity contribution in [2.24, 2.45) is 11.8 Å². The second-order valence-corrected chi connectivity index (χ2v) is 10.3. The number of hydrogen-bond donors (Lipinski definition) is 2. The first-order valence-corrected chi connectivity index (χ1v) is 13.5. The molecule has 0 saturated carbocycles. The van der Waals surface area contributed by atoms with E-state index in [9.17, 15) is 10.1 Å². The van der Waals surface area contributed by atoms with E-state index < -0.39 is 17.9 Å². The van der Waals surface area contributed by atoms with Crippen molar-refractivity contribution >= 4 is 12.0 Å². The number of carbonyl (C=O) groups excluding carboxylic acids is 1. The molecular formula is C30H33N5O5. The van der Waals surface area contributed by atoms with Crippen molar-refractivity contribution in [1.29, 1.82) is 10.7 Å². The number of nitrogens with zero attached hydrogens (tertiary/aromatic N) is 3. The largest absolute Gasteiger partial charge is 0.490 e. The highest BCUT2D eigenvalue weighted by Gasteiger charge is 2.41. The van der Waals surface area contributed by atoms with E-state index in [0.29, 0.717) is 50.1 Å². The fourth-order valence-electron chi connectivity index (χ4n) is 5.15. The van der Waals surface area contributed by atoms with Gasteiger partial charge in [0, 0.05) is 19.0 Å². The van der Waals surface area contributed by atoms with Gasteiger partial charge in [-0.05, 0) is 48.1 Å². The zero-order valence-corrected chi connectivity index (χ0v) is 22.9. The average Bonchev–Trinajstić information content (AvgIpc) is 3.37. The number of benzene rings is 2. The smallest absolute Gasteiger partial charge is 0.415 e. The van der Waals surface area contributed by atoms with E-state index in [2.05, 4.69) is 42.2 Å². The number of aromatic nitrogens is 2. The summed E-state index contributed by atoms with van der Waals surface area (Å²) >= 11 is 0. The van der Waals surface area contributed by atoms with Gasteiger partial charge in [-0.1, -0.05) is 44.2 Å². The summed E-state index contributed by atoms with van der Waals surface area (Å²) in [6.07, 6.45) is 0.503. The Balaban J connectivity index is 1.52. The van der Waals surface area contributed by atoms with Gasteiger partial charge in [-0.15, -0.1) is 5.10 Å². The second kappa shape index (κ2) is 11.8. The number of aromatic amines is 1. The van der Waals surface area contributed by atoms with Gasteiger partial charge < -0.3 is 23.8 Å². The fourth-order valence-corrected chi connectivity index (χ4v) is 5.15. The lowest BCUT2D eigenvalue weighted by Crippen LogP contribution is -2.42. The van der Waals surface area contributed by atoms with Crippen LogP contribution in [0, 0.1) is 28.6 Å². The van der Waals surface area contributed by atoms with Crippen molar-refractivity contribution in [3.63, 3.8) is 0 Å². The molecule has 0 spiro atoms. The van der Waals surface area contributed by atoms with Crippen molar-refractivity contribution in [3.05, 3.63) is 59.2 Å². The summed E-state index contributed by atoms with van der Waals surface area (Å²) < 4.78 is 22.6. The van der Waals surface area contributed by atoms with Crippen LogP contribution in [0.1, 0.15) is 43.4 Å². The third-order valence-electron chi connectivity index (χ3n) is 7.02. The Morgan fingerprint density at radius 3 is 2.62 bits per heavy atom. The van der Waals surface area contributed by atoms with Gasteiger partial charge in [0.05, 0.1) is 37.1 Å². The molecular weight excluding hydrogens is 510 g/mol. The Hall–Kier alpha value is -4.36. The molecule has 1 aromatic heterocycles. The first-order chi connectivity index (χ1) is 19.4. The molecule has 10 heteroatoms. The van der Waals surface area contributed by atoms with Gasteiger partial charge in [-0.2, -0.15) is 5.26 Å². The lowest BCUT2D eigenvalue weighted by molar-refractivity contribution is 0.0413. The number of nitrogens with one attached hydrogen (secondary N) is 2. The second-order valence-electron chi connectivity index (χ2n) is 10.3. The van der Waals surface area contributed by atoms with E-state index in [4.69, 9.17) is 24.4 Å². The Labute approximate surface area is 233 Å². The minimum Gasteiger partial charge on any atom is -0.490 e. The monoisotopic (exact) mass is 543 g/mol. The summed E-state index contributed by atoms with van der Waals surface area (Å²) in [5.41, 5.74) is 4.28. The topological polar surface area (TPSA) is 134 Å². The van der Waals surface area contributed by atoms with E-state index >= 15 is 0 Å². The normalized spacial score (nSPS) is 18.6. The summed E-state index contributed by atoms with van der Waals surface area (Å²) in [6.45, 7) is 8.41. The van der Waals surface area contributed by atoms with E-state index in [1.165, 1.54) is 5.56 Å². The molecule has 5 rings (SSSR count). The summed E-state index contributed by atoms with van der Waals surface area (Å²) in [5.74, 6) is -0.155. The van der Waals surface area contributed by atoms with Crippen LogP contribution in [0.25, 0.3) is 11.3 Å². The SMILES string of the molecule is CCOc1cc(C2c3c(n[nH]c3-c3ccc(CC(C)C)cc3)OC(=N)C2C#N)ccc1OC(=O)N1CCOCC1. The van der Waals surface area contributed by atoms with Crippen LogP contribution < -0.4 is 14.2 Å². The highest BCUT2D eigenvalue weighted by atomic mass is 16.6. The highest BCUT2D eigenvalue weighted by Crippen LogP contribution is 2.47. The van der Waals surface area contributed by atoms with E-state index in [-0.39, 0.29) is 17.5 Å². The number of fused-ring (bicyclic) bond motifs is 1. The number of nitriles is 1. The number of H-pyrrole nitrogens is 1. The standard InChI is InChI=1S/C30H33N5O5/c1-4-38-24-16-21(9-10-23(24)39-30(36)35-11-13-37-14-12-35)25-22(17-31)28(32)40-29-26(25)27(33-34-29)20-7-5-19(6-8-20)15-18(2)3/h5-10,16,18,22,25,32H,4,11-15H2,1-3H3,(H,33,34). The first-order valence-electron chi connectivity index (χ1n) is 13.5. The van der Waals surface area contributed by atoms with Crippen LogP contribution in [0.4, 0.5) is 4.79 Å². The average molecular weight is 544 g/mol. The zero-order chi connectivity index (χ0) is 28.2. The van der Waals surface area contributed by atoms with E-state index in [1.54, 1.807) is 23.1 Å². The summed E-state index contributed by atoms with van der Waals surface area (Å²) in [6, 6.07) is 15.7. The van der Waals surface area contributed by atoms with Crippen LogP contribution in [0.5, 0.6) is 17.4 Å². The van der Waals surface area contributed by atoms with Crippen LogP contribution >= 0.6 is 0 Å². The minimum absolute atomic E-state index is 0.175. The van der Waals surface area contributed by atoms with Gasteiger partial charge >= 0.3 is 6.09 Å². The highest BCUT2D eigenvalue weighted by molar-refractivity contribution is 5.86. The van der Waals surface area contributed by atoms with Crippen LogP contribution in [0.15, 0.2) is 42.5 Å². The molecule has 3 heterocycles. The number of carbonyl (C=O) groups is 1. The predicted molar refractivity (Wildman–Crippen MR) is 148 cm³/mol. The third-order valence-corrected chi connectivity index (χ3v) is 7.02. The van der Waals surface area contributed by atoms with E-state index in [0.717, 1.165) is 23.2 Å². The number of hydrogen-bond acceptors (Lipinski definition) is 8. The molecule has 2 unspecified atom stereocenters. The molecule has 2 N–H and O–H groups in total.